The molecule has 0 saturated carbocycles. The number of hydrogen-bond acceptors (Lipinski definition) is 5. The van der Waals surface area contributed by atoms with E-state index in [9.17, 15) is 13.2 Å². The van der Waals surface area contributed by atoms with E-state index in [4.69, 9.17) is 4.74 Å². The van der Waals surface area contributed by atoms with E-state index in [0.29, 0.717) is 10.6 Å². The number of sulfonamides is 1. The van der Waals surface area contributed by atoms with Crippen molar-refractivity contribution < 1.29 is 17.9 Å². The highest BCUT2D eigenvalue weighted by Crippen LogP contribution is 2.39. The zero-order valence-corrected chi connectivity index (χ0v) is 11.9. The number of methoxy groups -OCH3 is 1. The van der Waals surface area contributed by atoms with Crippen molar-refractivity contribution in [3.8, 4) is 0 Å². The fourth-order valence-electron chi connectivity index (χ4n) is 2.01. The normalized spacial score (nSPS) is 14.3. The van der Waals surface area contributed by atoms with Gasteiger partial charge in [-0.3, -0.25) is 4.72 Å². The van der Waals surface area contributed by atoms with Gasteiger partial charge in [-0.2, -0.15) is 0 Å². The minimum atomic E-state index is -3.37. The molecule has 5 nitrogen and oxygen atoms in total. The van der Waals surface area contributed by atoms with E-state index >= 15 is 0 Å². The number of nitrogens with one attached hydrogen (secondary N) is 1. The second-order valence-corrected chi connectivity index (χ2v) is 7.17. The maximum atomic E-state index is 11.8. The van der Waals surface area contributed by atoms with E-state index in [1.165, 1.54) is 18.4 Å². The fraction of sp³-hybridized carbons (Fsp3) is 0.545. The Labute approximate surface area is 110 Å². The topological polar surface area (TPSA) is 72.5 Å². The van der Waals surface area contributed by atoms with Gasteiger partial charge in [-0.05, 0) is 31.7 Å². The first-order valence-corrected chi connectivity index (χ1v) is 8.18. The van der Waals surface area contributed by atoms with Crippen LogP contribution in [0.15, 0.2) is 0 Å². The van der Waals surface area contributed by atoms with Gasteiger partial charge in [-0.25, -0.2) is 13.2 Å². The molecule has 0 saturated heterocycles. The van der Waals surface area contributed by atoms with Gasteiger partial charge in [-0.15, -0.1) is 11.3 Å². The molecule has 7 heteroatoms. The first-order valence-electron chi connectivity index (χ1n) is 5.72. The van der Waals surface area contributed by atoms with Gasteiger partial charge in [-0.1, -0.05) is 0 Å². The van der Waals surface area contributed by atoms with Crippen molar-refractivity contribution in [2.24, 2.45) is 0 Å². The summed E-state index contributed by atoms with van der Waals surface area (Å²) in [6.07, 6.45) is 2.72. The van der Waals surface area contributed by atoms with Crippen LogP contribution in [-0.4, -0.2) is 27.2 Å². The number of fused-ring (bicyclic) bond motifs is 1. The first kappa shape index (κ1) is 13.4. The molecular weight excluding hydrogens is 274 g/mol. The summed E-state index contributed by atoms with van der Waals surface area (Å²) in [6.45, 7) is 1.56. The van der Waals surface area contributed by atoms with Crippen molar-refractivity contribution in [2.45, 2.75) is 26.2 Å². The number of esters is 1. The predicted molar refractivity (Wildman–Crippen MR) is 70.8 cm³/mol. The summed E-state index contributed by atoms with van der Waals surface area (Å²) in [5, 5.41) is 0.397. The molecule has 0 amide bonds. The molecule has 1 aromatic heterocycles. The molecule has 0 radical (unpaired) electrons. The van der Waals surface area contributed by atoms with Crippen LogP contribution < -0.4 is 4.72 Å². The Morgan fingerprint density at radius 2 is 2.17 bits per heavy atom. The number of thiophene rings is 1. The van der Waals surface area contributed by atoms with Crippen LogP contribution in [0.5, 0.6) is 0 Å². The van der Waals surface area contributed by atoms with Crippen LogP contribution in [-0.2, 0) is 27.6 Å². The molecule has 2 rings (SSSR count). The molecule has 1 aromatic rings. The molecule has 0 aromatic carbocycles. The highest BCUT2D eigenvalue weighted by Gasteiger charge is 2.28. The molecule has 0 bridgehead atoms. The SMILES string of the molecule is CCS(=O)(=O)Nc1sc2c(c1C(=O)OC)CCC2. The monoisotopic (exact) mass is 289 g/mol. The van der Waals surface area contributed by atoms with Gasteiger partial charge < -0.3 is 4.74 Å². The van der Waals surface area contributed by atoms with Gasteiger partial charge in [0.25, 0.3) is 0 Å². The van der Waals surface area contributed by atoms with Crippen LogP contribution in [0.25, 0.3) is 0 Å². The first-order chi connectivity index (χ1) is 8.48. The fourth-order valence-corrected chi connectivity index (χ4v) is 4.21. The van der Waals surface area contributed by atoms with Crippen molar-refractivity contribution in [1.82, 2.24) is 0 Å². The molecule has 0 atom stereocenters. The highest BCUT2D eigenvalue weighted by atomic mass is 32.2. The standard InChI is InChI=1S/C11H15NO4S2/c1-3-18(14,15)12-10-9(11(13)16-2)7-5-4-6-8(7)17-10/h12H,3-6H2,1-2H3. The smallest absolute Gasteiger partial charge is 0.341 e. The number of carbonyl (C=O) groups is 1. The number of rotatable bonds is 4. The van der Waals surface area contributed by atoms with Crippen molar-refractivity contribution in [2.75, 3.05) is 17.6 Å². The second kappa shape index (κ2) is 4.89. The van der Waals surface area contributed by atoms with Gasteiger partial charge in [0.1, 0.15) is 5.00 Å². The van der Waals surface area contributed by atoms with E-state index in [-0.39, 0.29) is 5.75 Å². The Balaban J connectivity index is 2.45. The Kier molecular flexibility index (Phi) is 3.63. The van der Waals surface area contributed by atoms with Crippen molar-refractivity contribution in [1.29, 1.82) is 0 Å². The summed E-state index contributed by atoms with van der Waals surface area (Å²) in [5.41, 5.74) is 1.34. The third kappa shape index (κ3) is 2.37. The summed E-state index contributed by atoms with van der Waals surface area (Å²) in [6, 6.07) is 0. The average molecular weight is 289 g/mol. The molecule has 0 unspecified atom stereocenters. The number of aryl methyl sites for hydroxylation is 1. The quantitative estimate of drug-likeness (QED) is 0.858. The molecule has 1 heterocycles. The summed E-state index contributed by atoms with van der Waals surface area (Å²) >= 11 is 1.34. The Morgan fingerprint density at radius 3 is 2.78 bits per heavy atom. The Morgan fingerprint density at radius 1 is 1.44 bits per heavy atom. The zero-order chi connectivity index (χ0) is 13.3. The van der Waals surface area contributed by atoms with E-state index < -0.39 is 16.0 Å². The molecule has 1 aliphatic carbocycles. The molecular formula is C11H15NO4S2. The summed E-state index contributed by atoms with van der Waals surface area (Å²) < 4.78 is 30.4. The van der Waals surface area contributed by atoms with Crippen LogP contribution in [0.2, 0.25) is 0 Å². The van der Waals surface area contributed by atoms with Gasteiger partial charge in [0.2, 0.25) is 10.0 Å². The number of anilines is 1. The van der Waals surface area contributed by atoms with Crippen molar-refractivity contribution in [3.05, 3.63) is 16.0 Å². The van der Waals surface area contributed by atoms with Crippen LogP contribution in [0.3, 0.4) is 0 Å². The molecule has 0 aliphatic heterocycles. The maximum Gasteiger partial charge on any atom is 0.341 e. The number of ether oxygens (including phenoxy) is 1. The molecule has 18 heavy (non-hydrogen) atoms. The van der Waals surface area contributed by atoms with Crippen molar-refractivity contribution in [3.63, 3.8) is 0 Å². The lowest BCUT2D eigenvalue weighted by Crippen LogP contribution is -2.16. The minimum Gasteiger partial charge on any atom is -0.465 e. The predicted octanol–water partition coefficient (Wildman–Crippen LogP) is 1.79. The van der Waals surface area contributed by atoms with Crippen LogP contribution in [0.4, 0.5) is 5.00 Å². The number of carbonyl (C=O) groups excluding carboxylic acids is 1. The summed E-state index contributed by atoms with van der Waals surface area (Å²) in [7, 11) is -2.07. The van der Waals surface area contributed by atoms with Gasteiger partial charge in [0.15, 0.2) is 0 Å². The van der Waals surface area contributed by atoms with Gasteiger partial charge in [0.05, 0.1) is 18.4 Å². The lowest BCUT2D eigenvalue weighted by Gasteiger charge is -2.07. The molecule has 1 N–H and O–H groups in total. The van der Waals surface area contributed by atoms with Gasteiger partial charge in [0, 0.05) is 4.88 Å². The molecule has 0 fully saturated rings. The third-order valence-corrected chi connectivity index (χ3v) is 5.55. The number of hydrogen-bond donors (Lipinski definition) is 1. The zero-order valence-electron chi connectivity index (χ0n) is 10.3. The third-order valence-electron chi connectivity index (χ3n) is 2.94. The van der Waals surface area contributed by atoms with Crippen LogP contribution >= 0.6 is 11.3 Å². The molecule has 0 spiro atoms. The molecule has 100 valence electrons. The highest BCUT2D eigenvalue weighted by molar-refractivity contribution is 7.92. The maximum absolute atomic E-state index is 11.8. The van der Waals surface area contributed by atoms with Crippen molar-refractivity contribution >= 4 is 32.3 Å². The molecule has 1 aliphatic rings. The van der Waals surface area contributed by atoms with E-state index in [2.05, 4.69) is 4.72 Å². The lowest BCUT2D eigenvalue weighted by atomic mass is 10.1. The average Bonchev–Trinajstić information content (AvgIpc) is 2.87. The van der Waals surface area contributed by atoms with Gasteiger partial charge >= 0.3 is 5.97 Å². The largest absolute Gasteiger partial charge is 0.465 e. The second-order valence-electron chi connectivity index (χ2n) is 4.06. The Bertz CT molecular complexity index is 574. The summed E-state index contributed by atoms with van der Waals surface area (Å²) in [5.74, 6) is -0.487. The van der Waals surface area contributed by atoms with E-state index in [0.717, 1.165) is 29.7 Å². The summed E-state index contributed by atoms with van der Waals surface area (Å²) in [4.78, 5) is 12.9. The van der Waals surface area contributed by atoms with Crippen LogP contribution in [0.1, 0.15) is 34.1 Å². The lowest BCUT2D eigenvalue weighted by molar-refractivity contribution is 0.0601. The van der Waals surface area contributed by atoms with E-state index in [1.807, 2.05) is 0 Å². The Hall–Kier alpha value is -1.08. The van der Waals surface area contributed by atoms with E-state index in [1.54, 1.807) is 6.92 Å². The minimum absolute atomic E-state index is 0.0177. The van der Waals surface area contributed by atoms with Crippen LogP contribution in [0, 0.1) is 0 Å².